The van der Waals surface area contributed by atoms with Gasteiger partial charge in [-0.1, -0.05) is 0 Å². The lowest BCUT2D eigenvalue weighted by Gasteiger charge is -2.24. The van der Waals surface area contributed by atoms with E-state index in [4.69, 9.17) is 16.6 Å². The van der Waals surface area contributed by atoms with Gasteiger partial charge >= 0.3 is 5.97 Å². The zero-order valence-corrected chi connectivity index (χ0v) is 9.78. The number of carboxylic acids is 1. The fraction of sp³-hybridized carbons (Fsp3) is 0.700. The Hall–Kier alpha value is -1.67. The van der Waals surface area contributed by atoms with Crippen molar-refractivity contribution in [1.82, 2.24) is 4.90 Å². The maximum Gasteiger partial charge on any atom is 0.326 e. The quantitative estimate of drug-likeness (QED) is 0.433. The highest BCUT2D eigenvalue weighted by atomic mass is 16.4. The van der Waals surface area contributed by atoms with Gasteiger partial charge in [0.15, 0.2) is 0 Å². The topological polar surface area (TPSA) is 147 Å². The summed E-state index contributed by atoms with van der Waals surface area (Å²) in [4.78, 5) is 34.4. The Kier molecular flexibility index (Phi) is 4.62. The van der Waals surface area contributed by atoms with E-state index in [1.807, 2.05) is 0 Å². The van der Waals surface area contributed by atoms with Crippen molar-refractivity contribution in [3.8, 4) is 0 Å². The molecule has 1 aliphatic heterocycles. The largest absolute Gasteiger partial charge is 0.480 e. The van der Waals surface area contributed by atoms with Gasteiger partial charge in [-0.15, -0.1) is 0 Å². The van der Waals surface area contributed by atoms with Gasteiger partial charge in [-0.05, 0) is 6.42 Å². The number of aliphatic carboxylic acids is 1. The normalized spacial score (nSPS) is 24.9. The molecule has 0 bridgehead atoms. The van der Waals surface area contributed by atoms with Crippen molar-refractivity contribution in [2.45, 2.75) is 37.5 Å². The predicted molar refractivity (Wildman–Crippen MR) is 60.2 cm³/mol. The van der Waals surface area contributed by atoms with Crippen LogP contribution in [0, 0.1) is 0 Å². The second-order valence-corrected chi connectivity index (χ2v) is 4.35. The second kappa shape index (κ2) is 5.78. The van der Waals surface area contributed by atoms with Gasteiger partial charge in [-0.2, -0.15) is 0 Å². The summed E-state index contributed by atoms with van der Waals surface area (Å²) in [6, 6.07) is -2.04. The van der Waals surface area contributed by atoms with Gasteiger partial charge in [0, 0.05) is 19.4 Å². The van der Waals surface area contributed by atoms with Crippen LogP contribution in [0.3, 0.4) is 0 Å². The van der Waals surface area contributed by atoms with E-state index in [2.05, 4.69) is 0 Å². The molecule has 0 saturated carbocycles. The first-order valence-corrected chi connectivity index (χ1v) is 5.58. The number of carbonyl (C=O) groups excluding carboxylic acids is 2. The van der Waals surface area contributed by atoms with Crippen LogP contribution in [-0.2, 0) is 14.4 Å². The first kappa shape index (κ1) is 14.4. The van der Waals surface area contributed by atoms with Crippen LogP contribution < -0.4 is 11.5 Å². The molecule has 1 rings (SSSR count). The van der Waals surface area contributed by atoms with Gasteiger partial charge < -0.3 is 26.6 Å². The minimum atomic E-state index is -1.18. The van der Waals surface area contributed by atoms with Crippen molar-refractivity contribution >= 4 is 17.8 Å². The molecule has 0 aliphatic carbocycles. The van der Waals surface area contributed by atoms with Crippen molar-refractivity contribution in [2.24, 2.45) is 11.5 Å². The molecule has 0 aromatic rings. The lowest BCUT2D eigenvalue weighted by Crippen LogP contribution is -2.48. The molecule has 2 amide bonds. The van der Waals surface area contributed by atoms with Gasteiger partial charge in [0.25, 0.3) is 0 Å². The van der Waals surface area contributed by atoms with Gasteiger partial charge in [0.1, 0.15) is 6.04 Å². The smallest absolute Gasteiger partial charge is 0.326 e. The van der Waals surface area contributed by atoms with E-state index in [0.717, 1.165) is 4.90 Å². The van der Waals surface area contributed by atoms with Crippen LogP contribution in [0.4, 0.5) is 0 Å². The van der Waals surface area contributed by atoms with Gasteiger partial charge in [-0.25, -0.2) is 4.79 Å². The number of amides is 2. The van der Waals surface area contributed by atoms with Gasteiger partial charge in [-0.3, -0.25) is 9.59 Å². The summed E-state index contributed by atoms with van der Waals surface area (Å²) in [5.74, 6) is -2.34. The molecule has 0 spiro atoms. The molecular formula is C10H17N3O5. The number of nitrogens with zero attached hydrogens (tertiary/aromatic N) is 1. The van der Waals surface area contributed by atoms with E-state index >= 15 is 0 Å². The van der Waals surface area contributed by atoms with Crippen molar-refractivity contribution in [3.63, 3.8) is 0 Å². The number of aliphatic hydroxyl groups excluding tert-OH is 1. The molecule has 8 nitrogen and oxygen atoms in total. The Morgan fingerprint density at radius 2 is 2.00 bits per heavy atom. The SMILES string of the molecule is NC(=O)CC[C@H](N)C(=O)N1C[C@H](O)C[C@H]1C(=O)O. The molecule has 1 saturated heterocycles. The van der Waals surface area contributed by atoms with Crippen LogP contribution in [0.5, 0.6) is 0 Å². The third kappa shape index (κ3) is 3.41. The first-order chi connectivity index (χ1) is 8.32. The molecule has 18 heavy (non-hydrogen) atoms. The number of nitrogens with two attached hydrogens (primary N) is 2. The Morgan fingerprint density at radius 3 is 2.50 bits per heavy atom. The number of rotatable bonds is 5. The number of primary amides is 1. The number of carboxylic acid groups (broad SMARTS) is 1. The summed E-state index contributed by atoms with van der Waals surface area (Å²) in [5, 5.41) is 18.3. The van der Waals surface area contributed by atoms with Crippen LogP contribution in [0.15, 0.2) is 0 Å². The van der Waals surface area contributed by atoms with Crippen molar-refractivity contribution < 1.29 is 24.6 Å². The summed E-state index contributed by atoms with van der Waals surface area (Å²) < 4.78 is 0. The van der Waals surface area contributed by atoms with Gasteiger partial charge in [0.05, 0.1) is 12.1 Å². The molecule has 0 aromatic carbocycles. The summed E-state index contributed by atoms with van der Waals surface area (Å²) in [5.41, 5.74) is 10.5. The third-order valence-corrected chi connectivity index (χ3v) is 2.87. The maximum absolute atomic E-state index is 11.9. The van der Waals surface area contributed by atoms with Crippen LogP contribution in [0.25, 0.3) is 0 Å². The number of carbonyl (C=O) groups is 3. The molecule has 0 unspecified atom stereocenters. The van der Waals surface area contributed by atoms with Gasteiger partial charge in [0.2, 0.25) is 11.8 Å². The average Bonchev–Trinajstić information content (AvgIpc) is 2.67. The Balaban J connectivity index is 2.64. The maximum atomic E-state index is 11.9. The zero-order valence-electron chi connectivity index (χ0n) is 9.78. The highest BCUT2D eigenvalue weighted by Crippen LogP contribution is 2.19. The number of aliphatic hydroxyl groups is 1. The van der Waals surface area contributed by atoms with E-state index in [0.29, 0.717) is 0 Å². The molecule has 102 valence electrons. The first-order valence-electron chi connectivity index (χ1n) is 5.58. The Morgan fingerprint density at radius 1 is 1.39 bits per heavy atom. The molecule has 0 aromatic heterocycles. The zero-order chi connectivity index (χ0) is 13.9. The molecule has 1 aliphatic rings. The van der Waals surface area contributed by atoms with Crippen molar-refractivity contribution in [2.75, 3.05) is 6.54 Å². The van der Waals surface area contributed by atoms with Crippen LogP contribution >= 0.6 is 0 Å². The fourth-order valence-corrected chi connectivity index (χ4v) is 1.93. The van der Waals surface area contributed by atoms with E-state index in [9.17, 15) is 19.5 Å². The number of hydrogen-bond acceptors (Lipinski definition) is 5. The molecule has 0 radical (unpaired) electrons. The standard InChI is InChI=1S/C10H17N3O5/c11-6(1-2-8(12)15)9(16)13-4-5(14)3-7(13)10(17)18/h5-7,14H,1-4,11H2,(H2,12,15)(H,17,18)/t5-,6+,7+/m1/s1. The molecule has 3 atom stereocenters. The monoisotopic (exact) mass is 259 g/mol. The Bertz CT molecular complexity index is 359. The van der Waals surface area contributed by atoms with Crippen molar-refractivity contribution in [3.05, 3.63) is 0 Å². The summed E-state index contributed by atoms with van der Waals surface area (Å²) in [6.07, 6.45) is -0.851. The number of likely N-dealkylation sites (tertiary alicyclic amines) is 1. The third-order valence-electron chi connectivity index (χ3n) is 2.87. The minimum absolute atomic E-state index is 0.0103. The summed E-state index contributed by atoms with van der Waals surface area (Å²) in [6.45, 7) is -0.0555. The Labute approximate surface area is 104 Å². The molecular weight excluding hydrogens is 242 g/mol. The van der Waals surface area contributed by atoms with Crippen LogP contribution in [0.1, 0.15) is 19.3 Å². The lowest BCUT2D eigenvalue weighted by molar-refractivity contribution is -0.148. The van der Waals surface area contributed by atoms with Crippen LogP contribution in [-0.4, -0.2) is 57.6 Å². The highest BCUT2D eigenvalue weighted by Gasteiger charge is 2.40. The number of β-amino-alcohol motifs (C(OH)–C–C–N with tert-alkyl or cyclic N) is 1. The molecule has 8 heteroatoms. The van der Waals surface area contributed by atoms with Crippen LogP contribution in [0.2, 0.25) is 0 Å². The fourth-order valence-electron chi connectivity index (χ4n) is 1.93. The van der Waals surface area contributed by atoms with E-state index < -0.39 is 36.0 Å². The van der Waals surface area contributed by atoms with E-state index in [1.54, 1.807) is 0 Å². The molecule has 6 N–H and O–H groups in total. The second-order valence-electron chi connectivity index (χ2n) is 4.35. The predicted octanol–water partition coefficient (Wildman–Crippen LogP) is -2.37. The minimum Gasteiger partial charge on any atom is -0.480 e. The average molecular weight is 259 g/mol. The van der Waals surface area contributed by atoms with E-state index in [1.165, 1.54) is 0 Å². The van der Waals surface area contributed by atoms with Crippen molar-refractivity contribution in [1.29, 1.82) is 0 Å². The van der Waals surface area contributed by atoms with E-state index in [-0.39, 0.29) is 25.8 Å². The summed E-state index contributed by atoms with van der Waals surface area (Å²) >= 11 is 0. The highest BCUT2D eigenvalue weighted by molar-refractivity contribution is 5.88. The molecule has 1 heterocycles. The lowest BCUT2D eigenvalue weighted by atomic mass is 10.1. The number of hydrogen-bond donors (Lipinski definition) is 4. The summed E-state index contributed by atoms with van der Waals surface area (Å²) in [7, 11) is 0. The molecule has 1 fully saturated rings.